The molecule has 12 heteroatoms. The van der Waals surface area contributed by atoms with E-state index in [1.807, 2.05) is 55.5 Å². The predicted octanol–water partition coefficient (Wildman–Crippen LogP) is 8.29. The fraction of sp³-hybridized carbons (Fsp3) is 0.308. The Morgan fingerprint density at radius 1 is 0.882 bits per heavy atom. The van der Waals surface area contributed by atoms with Crippen molar-refractivity contribution in [2.45, 2.75) is 42.1 Å². The first-order valence-corrected chi connectivity index (χ1v) is 17.7. The summed E-state index contributed by atoms with van der Waals surface area (Å²) in [5.41, 5.74) is 2.49. The Hall–Kier alpha value is -4.54. The zero-order valence-electron chi connectivity index (χ0n) is 29.2. The van der Waals surface area contributed by atoms with Crippen LogP contribution in [0.25, 0.3) is 0 Å². The number of amides is 1. The molecule has 1 saturated heterocycles. The highest BCUT2D eigenvalue weighted by Crippen LogP contribution is 2.46. The molecule has 5 rings (SSSR count). The number of hydroxylamine groups is 2. The molecular weight excluding hydrogens is 738 g/mol. The van der Waals surface area contributed by atoms with Gasteiger partial charge in [-0.25, -0.2) is 0 Å². The summed E-state index contributed by atoms with van der Waals surface area (Å²) in [6.45, 7) is 2.42. The number of carbonyl (C=O) groups excluding carboxylic acids is 1. The van der Waals surface area contributed by atoms with Crippen LogP contribution in [-0.4, -0.2) is 63.8 Å². The number of benzene rings is 4. The van der Waals surface area contributed by atoms with Gasteiger partial charge in [0.05, 0.1) is 53.8 Å². The molecule has 3 atom stereocenters. The van der Waals surface area contributed by atoms with Crippen LogP contribution in [0, 0.1) is 12.0 Å². The number of ether oxygens (including phenoxy) is 7. The number of hydrogen-bond acceptors (Lipinski definition) is 10. The average Bonchev–Trinajstić information content (AvgIpc) is 3.65. The molecule has 268 valence electrons. The molecule has 0 spiro atoms. The smallest absolute Gasteiger partial charge is 0.293 e. The van der Waals surface area contributed by atoms with E-state index in [-0.39, 0.29) is 29.4 Å². The molecular formula is C39H40BrNO9S. The molecule has 10 nitrogen and oxygen atoms in total. The molecule has 51 heavy (non-hydrogen) atoms. The van der Waals surface area contributed by atoms with Crippen LogP contribution in [0.15, 0.2) is 82.2 Å². The van der Waals surface area contributed by atoms with Crippen LogP contribution in [0.1, 0.15) is 52.4 Å². The van der Waals surface area contributed by atoms with Crippen LogP contribution < -0.4 is 28.4 Å². The lowest BCUT2D eigenvalue weighted by Gasteiger charge is -2.21. The van der Waals surface area contributed by atoms with E-state index in [1.54, 1.807) is 64.5 Å². The van der Waals surface area contributed by atoms with E-state index >= 15 is 0 Å². The van der Waals surface area contributed by atoms with Crippen molar-refractivity contribution in [2.75, 3.05) is 42.2 Å². The molecule has 0 saturated carbocycles. The minimum absolute atomic E-state index is 0.0114. The highest BCUT2D eigenvalue weighted by Gasteiger charge is 2.31. The summed E-state index contributed by atoms with van der Waals surface area (Å²) in [5, 5.41) is 11.0. The van der Waals surface area contributed by atoms with E-state index < -0.39 is 5.91 Å². The maximum absolute atomic E-state index is 13.0. The maximum atomic E-state index is 13.0. The van der Waals surface area contributed by atoms with Crippen molar-refractivity contribution in [3.63, 3.8) is 0 Å². The number of methoxy groups -OCH3 is 5. The Kier molecular flexibility index (Phi) is 13.0. The lowest BCUT2D eigenvalue weighted by Crippen LogP contribution is -2.22. The molecule has 0 aromatic heterocycles. The number of halogens is 1. The van der Waals surface area contributed by atoms with Gasteiger partial charge < -0.3 is 33.2 Å². The molecule has 4 aromatic carbocycles. The molecule has 1 aliphatic rings. The first-order chi connectivity index (χ1) is 24.7. The number of rotatable bonds is 13. The van der Waals surface area contributed by atoms with Gasteiger partial charge in [-0.2, -0.15) is 0 Å². The van der Waals surface area contributed by atoms with E-state index in [4.69, 9.17) is 33.2 Å². The van der Waals surface area contributed by atoms with Gasteiger partial charge in [-0.05, 0) is 82.9 Å². The summed E-state index contributed by atoms with van der Waals surface area (Å²) in [6.07, 6.45) is 0.601. The predicted molar refractivity (Wildman–Crippen MR) is 198 cm³/mol. The van der Waals surface area contributed by atoms with Gasteiger partial charge in [0.15, 0.2) is 23.0 Å². The molecule has 3 unspecified atom stereocenters. The van der Waals surface area contributed by atoms with Gasteiger partial charge in [0, 0.05) is 33.3 Å². The van der Waals surface area contributed by atoms with Gasteiger partial charge in [-0.3, -0.25) is 10.0 Å². The lowest BCUT2D eigenvalue weighted by atomic mass is 9.91. The second-order valence-corrected chi connectivity index (χ2v) is 13.6. The molecule has 1 fully saturated rings. The fourth-order valence-electron chi connectivity index (χ4n) is 5.82. The summed E-state index contributed by atoms with van der Waals surface area (Å²) in [4.78, 5) is 14.0. The van der Waals surface area contributed by atoms with Crippen molar-refractivity contribution < 1.29 is 43.2 Å². The van der Waals surface area contributed by atoms with Crippen LogP contribution >= 0.6 is 27.7 Å². The Balaban J connectivity index is 1.45. The summed E-state index contributed by atoms with van der Waals surface area (Å²) < 4.78 is 41.6. The van der Waals surface area contributed by atoms with Crippen molar-refractivity contribution in [1.29, 1.82) is 0 Å². The highest BCUT2D eigenvalue weighted by atomic mass is 79.9. The van der Waals surface area contributed by atoms with E-state index in [0.717, 1.165) is 26.1 Å². The van der Waals surface area contributed by atoms with E-state index in [0.29, 0.717) is 52.6 Å². The summed E-state index contributed by atoms with van der Waals surface area (Å²) >= 11 is 5.16. The first-order valence-electron chi connectivity index (χ1n) is 16.1. The maximum Gasteiger partial charge on any atom is 0.293 e. The fourth-order valence-corrected chi connectivity index (χ4v) is 7.22. The third-order valence-corrected chi connectivity index (χ3v) is 10.3. The van der Waals surface area contributed by atoms with Gasteiger partial charge in [-0.1, -0.05) is 48.0 Å². The number of para-hydroxylation sites is 1. The highest BCUT2D eigenvalue weighted by molar-refractivity contribution is 9.10. The number of nitrogens with zero attached hydrogens (tertiary/aromatic N) is 1. The zero-order chi connectivity index (χ0) is 36.5. The summed E-state index contributed by atoms with van der Waals surface area (Å²) in [5.74, 6) is 5.26. The Morgan fingerprint density at radius 3 is 2.18 bits per heavy atom. The van der Waals surface area contributed by atoms with Gasteiger partial charge in [0.2, 0.25) is 5.75 Å². The first kappa shape index (κ1) is 37.7. The van der Waals surface area contributed by atoms with Crippen molar-refractivity contribution in [1.82, 2.24) is 5.06 Å². The quantitative estimate of drug-likeness (QED) is 0.0356. The van der Waals surface area contributed by atoms with E-state index in [9.17, 15) is 10.0 Å². The van der Waals surface area contributed by atoms with Crippen LogP contribution in [-0.2, 0) is 11.2 Å². The van der Waals surface area contributed by atoms with Crippen molar-refractivity contribution in [2.24, 2.45) is 0 Å². The molecule has 0 aliphatic carbocycles. The van der Waals surface area contributed by atoms with Gasteiger partial charge in [0.1, 0.15) is 11.2 Å². The Labute approximate surface area is 311 Å². The lowest BCUT2D eigenvalue weighted by molar-refractivity contribution is -0.0120. The second kappa shape index (κ2) is 17.6. The summed E-state index contributed by atoms with van der Waals surface area (Å²) in [7, 11) is 7.80. The minimum atomic E-state index is -0.706. The molecule has 0 bridgehead atoms. The Bertz CT molecular complexity index is 1880. The van der Waals surface area contributed by atoms with Crippen molar-refractivity contribution in [3.05, 3.63) is 99.5 Å². The number of carbonyl (C=O) groups is 1. The number of hydrogen-bond donors (Lipinski definition) is 1. The molecule has 1 amide bonds. The van der Waals surface area contributed by atoms with Crippen LogP contribution in [0.5, 0.6) is 34.5 Å². The largest absolute Gasteiger partial charge is 0.496 e. The van der Waals surface area contributed by atoms with Gasteiger partial charge >= 0.3 is 0 Å². The Morgan fingerprint density at radius 2 is 1.51 bits per heavy atom. The second-order valence-electron chi connectivity index (χ2n) is 11.4. The van der Waals surface area contributed by atoms with Crippen molar-refractivity contribution in [3.8, 4) is 46.5 Å². The average molecular weight is 779 g/mol. The third kappa shape index (κ3) is 8.86. The van der Waals surface area contributed by atoms with Crippen LogP contribution in [0.4, 0.5) is 0 Å². The standard InChI is InChI=1S/C39H40BrNO9S/c1-24(51-36-16-10-8-14-30(36)40)50-37-25(12-11-17-41(43)39(42)29-13-7-9-15-31(29)44-2)18-26(19-33(37)45-3)28-22-32(49-23-28)27-20-34(46-4)38(48-6)35(21-27)47-5/h7-10,13-16,18-21,24,28,32,43H,12,22-23H2,1-6H3. The normalized spacial score (nSPS) is 15.6. The zero-order valence-corrected chi connectivity index (χ0v) is 31.6. The molecule has 0 radical (unpaired) electrons. The SMILES string of the molecule is COc1ccccc1C(=O)N(O)C#CCc1cc(C2COC(c3cc(OC)c(OC)c(OC)c3)C2)cc(OC)c1OC(C)Sc1ccccc1Br. The van der Waals surface area contributed by atoms with E-state index in [1.165, 1.54) is 7.11 Å². The third-order valence-electron chi connectivity index (χ3n) is 8.31. The molecule has 1 aliphatic heterocycles. The minimum Gasteiger partial charge on any atom is -0.496 e. The van der Waals surface area contributed by atoms with E-state index in [2.05, 4.69) is 27.9 Å². The monoisotopic (exact) mass is 777 g/mol. The summed E-state index contributed by atoms with van der Waals surface area (Å²) in [6, 6.07) is 24.9. The van der Waals surface area contributed by atoms with Crippen LogP contribution in [0.3, 0.4) is 0 Å². The molecule has 4 aromatic rings. The molecule has 1 heterocycles. The molecule has 1 N–H and O–H groups in total. The topological polar surface area (TPSA) is 105 Å². The number of thioether (sulfide) groups is 1. The van der Waals surface area contributed by atoms with Crippen LogP contribution in [0.2, 0.25) is 0 Å². The van der Waals surface area contributed by atoms with Crippen molar-refractivity contribution >= 4 is 33.6 Å². The van der Waals surface area contributed by atoms with Gasteiger partial charge in [-0.15, -0.1) is 5.06 Å². The van der Waals surface area contributed by atoms with Gasteiger partial charge in [0.25, 0.3) is 5.91 Å².